The molecule has 86 valence electrons. The average molecular weight is 244 g/mol. The minimum Gasteiger partial charge on any atom is -0.444 e. The Bertz CT molecular complexity index is 513. The van der Waals surface area contributed by atoms with E-state index in [4.69, 9.17) is 9.05 Å². The zero-order valence-electron chi connectivity index (χ0n) is 9.54. The second-order valence-corrected chi connectivity index (χ2v) is 5.36. The van der Waals surface area contributed by atoms with Gasteiger partial charge in [-0.05, 0) is 30.7 Å². The van der Waals surface area contributed by atoms with Crippen LogP contribution in [0.1, 0.15) is 18.6 Å². The normalized spacial score (nSPS) is 22.2. The molecule has 0 aliphatic carbocycles. The summed E-state index contributed by atoms with van der Waals surface area (Å²) in [6, 6.07) is 18.1. The lowest BCUT2D eigenvalue weighted by Crippen LogP contribution is -2.03. The molecule has 2 atom stereocenters. The number of fused-ring (bicyclic) bond motifs is 1. The van der Waals surface area contributed by atoms with Crippen LogP contribution in [0.4, 0.5) is 0 Å². The number of hydrogen-bond acceptors (Lipinski definition) is 2. The van der Waals surface area contributed by atoms with Gasteiger partial charge in [0.15, 0.2) is 0 Å². The number of hydrogen-bond donors (Lipinski definition) is 0. The molecule has 3 heteroatoms. The zero-order valence-corrected chi connectivity index (χ0v) is 10.4. The molecule has 2 nitrogen and oxygen atoms in total. The molecule has 2 aromatic rings. The van der Waals surface area contributed by atoms with Crippen LogP contribution in [0.3, 0.4) is 0 Å². The SMILES string of the molecule is C[C@H]1O[P@@](Oc2ccccc2)c2ccccc21. The van der Waals surface area contributed by atoms with Gasteiger partial charge < -0.3 is 9.05 Å². The molecule has 0 unspecified atom stereocenters. The van der Waals surface area contributed by atoms with Crippen LogP contribution in [0.25, 0.3) is 0 Å². The van der Waals surface area contributed by atoms with Crippen LogP contribution < -0.4 is 9.83 Å². The number of rotatable bonds is 2. The van der Waals surface area contributed by atoms with E-state index < -0.39 is 8.38 Å². The monoisotopic (exact) mass is 244 g/mol. The summed E-state index contributed by atoms with van der Waals surface area (Å²) in [6.45, 7) is 2.06. The lowest BCUT2D eigenvalue weighted by molar-refractivity contribution is 0.248. The highest BCUT2D eigenvalue weighted by atomic mass is 31.2. The topological polar surface area (TPSA) is 18.5 Å². The minimum absolute atomic E-state index is 0.126. The maximum absolute atomic E-state index is 5.91. The molecule has 1 aliphatic heterocycles. The summed E-state index contributed by atoms with van der Waals surface area (Å²) < 4.78 is 11.8. The average Bonchev–Trinajstić information content (AvgIpc) is 2.69. The van der Waals surface area contributed by atoms with Crippen molar-refractivity contribution in [2.45, 2.75) is 13.0 Å². The lowest BCUT2D eigenvalue weighted by atomic mass is 10.1. The largest absolute Gasteiger partial charge is 0.444 e. The molecule has 2 aromatic carbocycles. The summed E-state index contributed by atoms with van der Waals surface area (Å²) in [6.07, 6.45) is 0.126. The highest BCUT2D eigenvalue weighted by molar-refractivity contribution is 7.56. The highest BCUT2D eigenvalue weighted by Gasteiger charge is 2.31. The molecular formula is C14H13O2P. The molecule has 0 aromatic heterocycles. The second kappa shape index (κ2) is 4.48. The van der Waals surface area contributed by atoms with E-state index in [9.17, 15) is 0 Å². The van der Waals surface area contributed by atoms with Crippen LogP contribution in [-0.4, -0.2) is 0 Å². The van der Waals surface area contributed by atoms with Crippen molar-refractivity contribution >= 4 is 13.7 Å². The fourth-order valence-corrected chi connectivity index (χ4v) is 3.55. The van der Waals surface area contributed by atoms with Crippen LogP contribution in [0.15, 0.2) is 54.6 Å². The van der Waals surface area contributed by atoms with Crippen molar-refractivity contribution in [3.8, 4) is 5.75 Å². The molecule has 3 rings (SSSR count). The Morgan fingerprint density at radius 3 is 2.53 bits per heavy atom. The molecule has 0 saturated heterocycles. The van der Waals surface area contributed by atoms with Crippen molar-refractivity contribution in [3.63, 3.8) is 0 Å². The maximum Gasteiger partial charge on any atom is 0.266 e. The Labute approximate surface area is 102 Å². The molecule has 0 spiro atoms. The number of para-hydroxylation sites is 1. The van der Waals surface area contributed by atoms with Crippen molar-refractivity contribution in [1.29, 1.82) is 0 Å². The van der Waals surface area contributed by atoms with Crippen molar-refractivity contribution in [2.24, 2.45) is 0 Å². The van der Waals surface area contributed by atoms with E-state index in [0.717, 1.165) is 5.75 Å². The van der Waals surface area contributed by atoms with Gasteiger partial charge in [-0.1, -0.05) is 36.4 Å². The standard InChI is InChI=1S/C14H13O2P/c1-11-13-9-5-6-10-14(13)17(15-11)16-12-7-3-2-4-8-12/h2-11H,1H3/t11-,17+/m1/s1. The van der Waals surface area contributed by atoms with Crippen LogP contribution in [-0.2, 0) is 4.52 Å². The second-order valence-electron chi connectivity index (χ2n) is 3.97. The highest BCUT2D eigenvalue weighted by Crippen LogP contribution is 2.49. The first-order chi connectivity index (χ1) is 8.34. The molecule has 0 radical (unpaired) electrons. The molecule has 1 aliphatic rings. The van der Waals surface area contributed by atoms with Gasteiger partial charge in [0.25, 0.3) is 8.38 Å². The summed E-state index contributed by atoms with van der Waals surface area (Å²) in [7, 11) is -0.977. The van der Waals surface area contributed by atoms with Crippen LogP contribution >= 0.6 is 8.38 Å². The Hall–Kier alpha value is -1.37. The molecule has 0 bridgehead atoms. The molecule has 0 saturated carbocycles. The van der Waals surface area contributed by atoms with Gasteiger partial charge in [-0.15, -0.1) is 0 Å². The van der Waals surface area contributed by atoms with Gasteiger partial charge in [-0.25, -0.2) is 0 Å². The fraction of sp³-hybridized carbons (Fsp3) is 0.143. The molecule has 0 fully saturated rings. The maximum atomic E-state index is 5.91. The van der Waals surface area contributed by atoms with E-state index in [2.05, 4.69) is 19.1 Å². The predicted octanol–water partition coefficient (Wildman–Crippen LogP) is 3.79. The van der Waals surface area contributed by atoms with E-state index in [-0.39, 0.29) is 6.10 Å². The van der Waals surface area contributed by atoms with Gasteiger partial charge in [-0.3, -0.25) is 0 Å². The van der Waals surface area contributed by atoms with Gasteiger partial charge in [0.1, 0.15) is 5.75 Å². The third-order valence-electron chi connectivity index (χ3n) is 2.76. The van der Waals surface area contributed by atoms with E-state index >= 15 is 0 Å². The van der Waals surface area contributed by atoms with Crippen LogP contribution in [0, 0.1) is 0 Å². The first-order valence-corrected chi connectivity index (χ1v) is 6.81. The Kier molecular flexibility index (Phi) is 2.84. The summed E-state index contributed by atoms with van der Waals surface area (Å²) in [5.41, 5.74) is 1.24. The molecule has 0 N–H and O–H groups in total. The predicted molar refractivity (Wildman–Crippen MR) is 69.6 cm³/mol. The van der Waals surface area contributed by atoms with Crippen LogP contribution in [0.5, 0.6) is 5.75 Å². The Balaban J connectivity index is 1.87. The van der Waals surface area contributed by atoms with Crippen molar-refractivity contribution in [2.75, 3.05) is 0 Å². The summed E-state index contributed by atoms with van der Waals surface area (Å²) in [5, 5.41) is 1.19. The van der Waals surface area contributed by atoms with Crippen molar-refractivity contribution in [3.05, 3.63) is 60.2 Å². The number of benzene rings is 2. The Morgan fingerprint density at radius 1 is 1.00 bits per heavy atom. The van der Waals surface area contributed by atoms with E-state index in [1.165, 1.54) is 10.9 Å². The zero-order chi connectivity index (χ0) is 11.7. The first kappa shape index (κ1) is 10.8. The van der Waals surface area contributed by atoms with Gasteiger partial charge in [0, 0.05) is 5.30 Å². The molecule has 1 heterocycles. The quantitative estimate of drug-likeness (QED) is 0.748. The van der Waals surface area contributed by atoms with E-state index in [1.807, 2.05) is 42.5 Å². The van der Waals surface area contributed by atoms with Crippen LogP contribution in [0.2, 0.25) is 0 Å². The van der Waals surface area contributed by atoms with Gasteiger partial charge >= 0.3 is 0 Å². The molecule has 17 heavy (non-hydrogen) atoms. The smallest absolute Gasteiger partial charge is 0.266 e. The fourth-order valence-electron chi connectivity index (χ4n) is 1.90. The van der Waals surface area contributed by atoms with E-state index in [0.29, 0.717) is 0 Å². The van der Waals surface area contributed by atoms with Gasteiger partial charge in [-0.2, -0.15) is 0 Å². The summed E-state index contributed by atoms with van der Waals surface area (Å²) >= 11 is 0. The summed E-state index contributed by atoms with van der Waals surface area (Å²) in [4.78, 5) is 0. The van der Waals surface area contributed by atoms with E-state index in [1.54, 1.807) is 0 Å². The Morgan fingerprint density at radius 2 is 1.71 bits per heavy atom. The van der Waals surface area contributed by atoms with Crippen molar-refractivity contribution in [1.82, 2.24) is 0 Å². The molecular weight excluding hydrogens is 231 g/mol. The van der Waals surface area contributed by atoms with Crippen molar-refractivity contribution < 1.29 is 9.05 Å². The lowest BCUT2D eigenvalue weighted by Gasteiger charge is -2.12. The third-order valence-corrected chi connectivity index (χ3v) is 4.44. The molecule has 0 amide bonds. The first-order valence-electron chi connectivity index (χ1n) is 5.63. The minimum atomic E-state index is -0.977. The van der Waals surface area contributed by atoms with Gasteiger partial charge in [0.2, 0.25) is 0 Å². The summed E-state index contributed by atoms with van der Waals surface area (Å²) in [5.74, 6) is 0.863. The third kappa shape index (κ3) is 2.06. The van der Waals surface area contributed by atoms with Gasteiger partial charge in [0.05, 0.1) is 6.10 Å².